The molecule has 3 aromatic carbocycles. The SMILES string of the molecule is Cc1ccc([C@H](NC(=O)COc2ccc(N(C)S(C)(=O)=O)cc2)c2ccccc2)cc1. The van der Waals surface area contributed by atoms with Crippen LogP contribution >= 0.6 is 0 Å². The molecule has 3 rings (SSSR count). The highest BCUT2D eigenvalue weighted by atomic mass is 32.2. The lowest BCUT2D eigenvalue weighted by molar-refractivity contribution is -0.123. The van der Waals surface area contributed by atoms with Gasteiger partial charge in [0.1, 0.15) is 5.75 Å². The first-order valence-electron chi connectivity index (χ1n) is 9.81. The van der Waals surface area contributed by atoms with Crippen LogP contribution in [0.2, 0.25) is 0 Å². The average molecular weight is 439 g/mol. The van der Waals surface area contributed by atoms with Crippen LogP contribution < -0.4 is 14.4 Å². The zero-order valence-corrected chi connectivity index (χ0v) is 18.6. The van der Waals surface area contributed by atoms with Crippen molar-refractivity contribution in [3.05, 3.63) is 95.6 Å². The molecular weight excluding hydrogens is 412 g/mol. The third kappa shape index (κ3) is 6.08. The molecule has 31 heavy (non-hydrogen) atoms. The number of aryl methyl sites for hydroxylation is 1. The van der Waals surface area contributed by atoms with Crippen LogP contribution in [-0.2, 0) is 14.8 Å². The van der Waals surface area contributed by atoms with Gasteiger partial charge in [0.05, 0.1) is 18.0 Å². The van der Waals surface area contributed by atoms with Crippen molar-refractivity contribution in [1.82, 2.24) is 5.32 Å². The molecule has 0 heterocycles. The fraction of sp³-hybridized carbons (Fsp3) is 0.208. The van der Waals surface area contributed by atoms with Crippen LogP contribution in [0, 0.1) is 6.92 Å². The van der Waals surface area contributed by atoms with E-state index in [4.69, 9.17) is 4.74 Å². The average Bonchev–Trinajstić information content (AvgIpc) is 2.76. The van der Waals surface area contributed by atoms with Crippen molar-refractivity contribution in [2.45, 2.75) is 13.0 Å². The summed E-state index contributed by atoms with van der Waals surface area (Å²) in [5.41, 5.74) is 3.63. The summed E-state index contributed by atoms with van der Waals surface area (Å²) >= 11 is 0. The van der Waals surface area contributed by atoms with Crippen LogP contribution in [0.3, 0.4) is 0 Å². The molecular formula is C24H26N2O4S. The molecule has 6 nitrogen and oxygen atoms in total. The Kier molecular flexibility index (Phi) is 6.97. The maximum Gasteiger partial charge on any atom is 0.258 e. The number of rotatable bonds is 8. The van der Waals surface area contributed by atoms with E-state index in [9.17, 15) is 13.2 Å². The number of sulfonamides is 1. The smallest absolute Gasteiger partial charge is 0.258 e. The monoisotopic (exact) mass is 438 g/mol. The second-order valence-electron chi connectivity index (χ2n) is 7.33. The second kappa shape index (κ2) is 9.66. The maximum atomic E-state index is 12.6. The van der Waals surface area contributed by atoms with Gasteiger partial charge in [0.15, 0.2) is 6.61 Å². The second-order valence-corrected chi connectivity index (χ2v) is 9.35. The topological polar surface area (TPSA) is 75.7 Å². The fourth-order valence-electron chi connectivity index (χ4n) is 3.06. The van der Waals surface area contributed by atoms with Crippen molar-refractivity contribution in [3.63, 3.8) is 0 Å². The number of carbonyl (C=O) groups is 1. The Balaban J connectivity index is 1.67. The number of anilines is 1. The molecule has 0 unspecified atom stereocenters. The van der Waals surface area contributed by atoms with E-state index in [0.29, 0.717) is 11.4 Å². The number of carbonyl (C=O) groups excluding carboxylic acids is 1. The Hall–Kier alpha value is -3.32. The largest absolute Gasteiger partial charge is 0.484 e. The molecule has 0 aliphatic carbocycles. The third-order valence-electron chi connectivity index (χ3n) is 4.92. The molecule has 1 atom stereocenters. The Bertz CT molecular complexity index is 1110. The van der Waals surface area contributed by atoms with Crippen molar-refractivity contribution in [1.29, 1.82) is 0 Å². The van der Waals surface area contributed by atoms with Crippen molar-refractivity contribution in [2.75, 3.05) is 24.2 Å². The predicted octanol–water partition coefficient (Wildman–Crippen LogP) is 3.68. The molecule has 1 amide bonds. The van der Waals surface area contributed by atoms with Gasteiger partial charge in [-0.1, -0.05) is 60.2 Å². The molecule has 1 N–H and O–H groups in total. The molecule has 3 aromatic rings. The molecule has 0 fully saturated rings. The quantitative estimate of drug-likeness (QED) is 0.582. The van der Waals surface area contributed by atoms with E-state index in [1.807, 2.05) is 61.5 Å². The van der Waals surface area contributed by atoms with E-state index < -0.39 is 10.0 Å². The molecule has 0 saturated carbocycles. The van der Waals surface area contributed by atoms with Gasteiger partial charge in [-0.25, -0.2) is 8.42 Å². The molecule has 0 aliphatic heterocycles. The predicted molar refractivity (Wildman–Crippen MR) is 123 cm³/mol. The molecule has 0 saturated heterocycles. The van der Waals surface area contributed by atoms with Crippen LogP contribution in [0.15, 0.2) is 78.9 Å². The number of nitrogens with one attached hydrogen (secondary N) is 1. The lowest BCUT2D eigenvalue weighted by Gasteiger charge is -2.20. The number of nitrogens with zero attached hydrogens (tertiary/aromatic N) is 1. The summed E-state index contributed by atoms with van der Waals surface area (Å²) < 4.78 is 30.0. The maximum absolute atomic E-state index is 12.6. The summed E-state index contributed by atoms with van der Waals surface area (Å²) in [5, 5.41) is 3.04. The van der Waals surface area contributed by atoms with Crippen LogP contribution in [0.4, 0.5) is 5.69 Å². The van der Waals surface area contributed by atoms with E-state index >= 15 is 0 Å². The van der Waals surface area contributed by atoms with E-state index in [2.05, 4.69) is 5.32 Å². The molecule has 0 bridgehead atoms. The molecule has 0 aliphatic rings. The van der Waals surface area contributed by atoms with E-state index in [0.717, 1.165) is 22.9 Å². The Morgan fingerprint density at radius 3 is 2.10 bits per heavy atom. The number of benzene rings is 3. The highest BCUT2D eigenvalue weighted by Gasteiger charge is 2.17. The standard InChI is InChI=1S/C24H26N2O4S/c1-18-9-11-20(12-10-18)24(19-7-5-4-6-8-19)25-23(27)17-30-22-15-13-21(14-16-22)26(2)31(3,28)29/h4-16,24H,17H2,1-3H3,(H,25,27)/t24-/m1/s1. The van der Waals surface area contributed by atoms with Gasteiger partial charge in [-0.2, -0.15) is 0 Å². The number of hydrogen-bond acceptors (Lipinski definition) is 4. The summed E-state index contributed by atoms with van der Waals surface area (Å²) in [6.07, 6.45) is 1.14. The zero-order valence-electron chi connectivity index (χ0n) is 17.8. The number of amides is 1. The van der Waals surface area contributed by atoms with Gasteiger partial charge >= 0.3 is 0 Å². The third-order valence-corrected chi connectivity index (χ3v) is 6.12. The van der Waals surface area contributed by atoms with Gasteiger partial charge in [-0.3, -0.25) is 9.10 Å². The molecule has 7 heteroatoms. The summed E-state index contributed by atoms with van der Waals surface area (Å²) in [6, 6.07) is 24.1. The minimum Gasteiger partial charge on any atom is -0.484 e. The summed E-state index contributed by atoms with van der Waals surface area (Å²) in [5.74, 6) is 0.221. The summed E-state index contributed by atoms with van der Waals surface area (Å²) in [7, 11) is -1.86. The highest BCUT2D eigenvalue weighted by molar-refractivity contribution is 7.92. The molecule has 0 aromatic heterocycles. The van der Waals surface area contributed by atoms with Crippen molar-refractivity contribution in [3.8, 4) is 5.75 Å². The van der Waals surface area contributed by atoms with Gasteiger partial charge < -0.3 is 10.1 Å². The van der Waals surface area contributed by atoms with Gasteiger partial charge in [0.25, 0.3) is 5.91 Å². The fourth-order valence-corrected chi connectivity index (χ4v) is 3.56. The van der Waals surface area contributed by atoms with Gasteiger partial charge in [0.2, 0.25) is 10.0 Å². The Morgan fingerprint density at radius 2 is 1.52 bits per heavy atom. The minimum atomic E-state index is -3.34. The van der Waals surface area contributed by atoms with Gasteiger partial charge in [0, 0.05) is 7.05 Å². The van der Waals surface area contributed by atoms with Crippen molar-refractivity contribution in [2.24, 2.45) is 0 Å². The van der Waals surface area contributed by atoms with Gasteiger partial charge in [-0.15, -0.1) is 0 Å². The minimum absolute atomic E-state index is 0.156. The van der Waals surface area contributed by atoms with E-state index in [-0.39, 0.29) is 18.6 Å². The normalized spacial score (nSPS) is 12.1. The van der Waals surface area contributed by atoms with E-state index in [1.54, 1.807) is 24.3 Å². The van der Waals surface area contributed by atoms with E-state index in [1.165, 1.54) is 11.4 Å². The molecule has 0 radical (unpaired) electrons. The number of hydrogen-bond donors (Lipinski definition) is 1. The lowest BCUT2D eigenvalue weighted by atomic mass is 9.98. The van der Waals surface area contributed by atoms with Gasteiger partial charge in [-0.05, 0) is 42.3 Å². The first-order chi connectivity index (χ1) is 14.7. The van der Waals surface area contributed by atoms with Crippen LogP contribution in [0.1, 0.15) is 22.7 Å². The molecule has 162 valence electrons. The Labute approximate surface area is 183 Å². The van der Waals surface area contributed by atoms with Crippen molar-refractivity contribution >= 4 is 21.6 Å². The summed E-state index contributed by atoms with van der Waals surface area (Å²) in [6.45, 7) is 1.86. The van der Waals surface area contributed by atoms with Crippen LogP contribution in [0.25, 0.3) is 0 Å². The first kappa shape index (κ1) is 22.4. The van der Waals surface area contributed by atoms with Crippen LogP contribution in [0.5, 0.6) is 5.75 Å². The first-order valence-corrected chi connectivity index (χ1v) is 11.7. The highest BCUT2D eigenvalue weighted by Crippen LogP contribution is 2.23. The zero-order chi connectivity index (χ0) is 22.4. The van der Waals surface area contributed by atoms with Crippen molar-refractivity contribution < 1.29 is 17.9 Å². The Morgan fingerprint density at radius 1 is 0.935 bits per heavy atom. The lowest BCUT2D eigenvalue weighted by Crippen LogP contribution is -2.33. The molecule has 0 spiro atoms. The van der Waals surface area contributed by atoms with Crippen LogP contribution in [-0.4, -0.2) is 34.2 Å². The number of ether oxygens (including phenoxy) is 1. The summed E-state index contributed by atoms with van der Waals surface area (Å²) in [4.78, 5) is 12.6.